The molecule has 0 aliphatic heterocycles. The van der Waals surface area contributed by atoms with Gasteiger partial charge in [0.2, 0.25) is 5.91 Å². The van der Waals surface area contributed by atoms with Gasteiger partial charge < -0.3 is 25.3 Å². The molecule has 214 valence electrons. The highest BCUT2D eigenvalue weighted by Gasteiger charge is 2.25. The van der Waals surface area contributed by atoms with Gasteiger partial charge in [-0.25, -0.2) is 14.2 Å². The van der Waals surface area contributed by atoms with E-state index in [2.05, 4.69) is 10.2 Å². The van der Waals surface area contributed by atoms with E-state index in [4.69, 9.17) is 38.7 Å². The van der Waals surface area contributed by atoms with Gasteiger partial charge in [-0.1, -0.05) is 12.1 Å². The summed E-state index contributed by atoms with van der Waals surface area (Å²) in [6, 6.07) is 9.96. The van der Waals surface area contributed by atoms with Crippen molar-refractivity contribution in [2.24, 2.45) is 12.8 Å². The number of benzene rings is 2. The number of anilines is 1. The molecule has 1 amide bonds. The van der Waals surface area contributed by atoms with Gasteiger partial charge in [0.1, 0.15) is 17.7 Å². The number of nitrogens with one attached hydrogen (secondary N) is 1. The maximum atomic E-state index is 13.3. The fraction of sp³-hybridized carbons (Fsp3) is 0.444. The van der Waals surface area contributed by atoms with E-state index in [1.165, 1.54) is 12.1 Å². The third-order valence-electron chi connectivity index (χ3n) is 6.29. The van der Waals surface area contributed by atoms with Crippen molar-refractivity contribution in [1.82, 2.24) is 14.9 Å². The summed E-state index contributed by atoms with van der Waals surface area (Å²) in [4.78, 5) is 32.2. The predicted octanol–water partition coefficient (Wildman–Crippen LogP) is 3.97. The molecule has 0 fully saturated rings. The monoisotopic (exact) mass is 601 g/mol. The number of amides is 1. The Hall–Kier alpha value is -2.59. The van der Waals surface area contributed by atoms with Gasteiger partial charge in [0.25, 0.3) is 0 Å². The largest absolute Gasteiger partial charge is 0.464 e. The highest BCUT2D eigenvalue weighted by Crippen LogP contribution is 2.23. The maximum absolute atomic E-state index is 13.3. The van der Waals surface area contributed by atoms with Gasteiger partial charge in [-0.3, -0.25) is 4.79 Å². The van der Waals surface area contributed by atoms with Gasteiger partial charge in [-0.2, -0.15) is 0 Å². The molecule has 2 aromatic carbocycles. The molecule has 12 heteroatoms. The molecule has 2 atom stereocenters. The van der Waals surface area contributed by atoms with E-state index in [0.717, 1.165) is 22.5 Å². The molecule has 0 bridgehead atoms. The average Bonchev–Trinajstić information content (AvgIpc) is 3.22. The van der Waals surface area contributed by atoms with Crippen molar-refractivity contribution in [2.75, 3.05) is 36.4 Å². The summed E-state index contributed by atoms with van der Waals surface area (Å²) in [5.41, 5.74) is 9.66. The van der Waals surface area contributed by atoms with Crippen LogP contribution >= 0.6 is 35.6 Å². The molecule has 0 aliphatic carbocycles. The van der Waals surface area contributed by atoms with Crippen LogP contribution < -0.4 is 16.0 Å². The van der Waals surface area contributed by atoms with Crippen molar-refractivity contribution in [1.29, 1.82) is 0 Å². The Balaban J connectivity index is 0.00000533. The number of halogens is 4. The van der Waals surface area contributed by atoms with E-state index in [0.29, 0.717) is 43.3 Å². The molecular formula is C27H35Cl3FN5O3. The number of hydrogen-bond acceptors (Lipinski definition) is 6. The summed E-state index contributed by atoms with van der Waals surface area (Å²) in [7, 11) is 1.92. The molecule has 0 radical (unpaired) electrons. The lowest BCUT2D eigenvalue weighted by atomic mass is 10.0. The quantitative estimate of drug-likeness (QED) is 0.214. The lowest BCUT2D eigenvalue weighted by Gasteiger charge is -2.22. The molecule has 1 heterocycles. The Morgan fingerprint density at radius 1 is 1.15 bits per heavy atom. The number of hydrogen-bond donors (Lipinski definition) is 2. The number of ether oxygens (including phenoxy) is 1. The molecule has 0 unspecified atom stereocenters. The Bertz CT molecular complexity index is 1220. The first-order valence-electron chi connectivity index (χ1n) is 12.6. The van der Waals surface area contributed by atoms with Crippen molar-refractivity contribution >= 4 is 64.2 Å². The molecule has 0 saturated heterocycles. The number of esters is 1. The van der Waals surface area contributed by atoms with Crippen LogP contribution in [-0.2, 0) is 34.2 Å². The van der Waals surface area contributed by atoms with Crippen molar-refractivity contribution in [3.05, 3.63) is 59.7 Å². The van der Waals surface area contributed by atoms with Gasteiger partial charge in [-0.15, -0.1) is 35.6 Å². The molecule has 0 saturated carbocycles. The Morgan fingerprint density at radius 3 is 2.44 bits per heavy atom. The third kappa shape index (κ3) is 8.96. The molecular weight excluding hydrogens is 568 g/mol. The van der Waals surface area contributed by atoms with E-state index in [-0.39, 0.29) is 31.3 Å². The van der Waals surface area contributed by atoms with E-state index < -0.39 is 24.0 Å². The second-order valence-electron chi connectivity index (χ2n) is 8.91. The number of imidazole rings is 1. The smallest absolute Gasteiger partial charge is 0.328 e. The second kappa shape index (κ2) is 15.9. The van der Waals surface area contributed by atoms with Crippen LogP contribution in [0.4, 0.5) is 10.1 Å². The average molecular weight is 603 g/mol. The molecule has 39 heavy (non-hydrogen) atoms. The van der Waals surface area contributed by atoms with E-state index in [9.17, 15) is 14.0 Å². The zero-order chi connectivity index (χ0) is 27.7. The number of rotatable bonds is 14. The number of aromatic nitrogens is 2. The maximum Gasteiger partial charge on any atom is 0.328 e. The number of nitrogens with two attached hydrogens (primary N) is 1. The summed E-state index contributed by atoms with van der Waals surface area (Å²) >= 11 is 11.9. The molecule has 0 spiro atoms. The number of carbonyl (C=O) groups is 2. The molecule has 3 rings (SSSR count). The zero-order valence-corrected chi connectivity index (χ0v) is 24.4. The number of fused-ring (bicyclic) bond motifs is 1. The Morgan fingerprint density at radius 2 is 1.82 bits per heavy atom. The minimum atomic E-state index is -0.933. The van der Waals surface area contributed by atoms with Crippen LogP contribution in [0.15, 0.2) is 42.5 Å². The molecule has 3 aromatic rings. The number of nitrogens with zero attached hydrogens (tertiary/aromatic N) is 3. The topological polar surface area (TPSA) is 102 Å². The minimum Gasteiger partial charge on any atom is -0.464 e. The van der Waals surface area contributed by atoms with Crippen LogP contribution in [0.25, 0.3) is 11.0 Å². The number of alkyl halides is 2. The normalized spacial score (nSPS) is 12.5. The Kier molecular flexibility index (Phi) is 13.3. The standard InChI is InChI=1S/C27H34Cl2FN5O3.ClH/c1-3-38-27(37)23(16-18-4-6-19(30)7-5-18)33-26(36)21(31)9-11-25-32-22-17-20(8-10-24(22)34(25)2)35(14-12-28)15-13-29;/h4-8,10,17,21,23H,3,9,11-16,31H2,1-2H3,(H,33,36);1H/t21-,23-;/m0./s1. The fourth-order valence-corrected chi connectivity index (χ4v) is 4.63. The van der Waals surface area contributed by atoms with Crippen LogP contribution in [0, 0.1) is 5.82 Å². The van der Waals surface area contributed by atoms with Crippen molar-refractivity contribution in [3.8, 4) is 0 Å². The van der Waals surface area contributed by atoms with E-state index in [1.54, 1.807) is 19.1 Å². The van der Waals surface area contributed by atoms with Gasteiger partial charge in [0.15, 0.2) is 0 Å². The molecule has 0 aliphatic rings. The summed E-state index contributed by atoms with van der Waals surface area (Å²) < 4.78 is 20.4. The van der Waals surface area contributed by atoms with Crippen molar-refractivity contribution in [3.63, 3.8) is 0 Å². The van der Waals surface area contributed by atoms with Gasteiger partial charge in [-0.05, 0) is 49.2 Å². The highest BCUT2D eigenvalue weighted by atomic mass is 35.5. The third-order valence-corrected chi connectivity index (χ3v) is 6.63. The lowest BCUT2D eigenvalue weighted by Crippen LogP contribution is -2.50. The van der Waals surface area contributed by atoms with Crippen LogP contribution in [-0.4, -0.2) is 65.0 Å². The zero-order valence-electron chi connectivity index (χ0n) is 22.0. The van der Waals surface area contributed by atoms with Crippen molar-refractivity contribution < 1.29 is 18.7 Å². The van der Waals surface area contributed by atoms with E-state index in [1.807, 2.05) is 29.8 Å². The van der Waals surface area contributed by atoms with Crippen LogP contribution in [0.2, 0.25) is 0 Å². The molecule has 1 aromatic heterocycles. The first kappa shape index (κ1) is 32.6. The Labute approximate surface area is 244 Å². The lowest BCUT2D eigenvalue weighted by molar-refractivity contribution is -0.147. The number of aryl methyl sites for hydroxylation is 2. The summed E-state index contributed by atoms with van der Waals surface area (Å²) in [6.45, 7) is 3.22. The van der Waals surface area contributed by atoms with Crippen LogP contribution in [0.3, 0.4) is 0 Å². The van der Waals surface area contributed by atoms with Crippen LogP contribution in [0.5, 0.6) is 0 Å². The summed E-state index contributed by atoms with van der Waals surface area (Å²) in [5.74, 6) is 0.348. The van der Waals surface area contributed by atoms with Gasteiger partial charge in [0, 0.05) is 50.4 Å². The van der Waals surface area contributed by atoms with E-state index >= 15 is 0 Å². The van der Waals surface area contributed by atoms with Crippen LogP contribution in [0.1, 0.15) is 24.7 Å². The summed E-state index contributed by atoms with van der Waals surface area (Å²) in [5, 5.41) is 2.70. The summed E-state index contributed by atoms with van der Waals surface area (Å²) in [6.07, 6.45) is 0.950. The minimum absolute atomic E-state index is 0. The number of carbonyl (C=O) groups excluding carboxylic acids is 2. The van der Waals surface area contributed by atoms with Gasteiger partial charge in [0.05, 0.1) is 23.7 Å². The van der Waals surface area contributed by atoms with Crippen molar-refractivity contribution in [2.45, 2.75) is 38.3 Å². The first-order valence-corrected chi connectivity index (χ1v) is 13.6. The molecule has 3 N–H and O–H groups in total. The SMILES string of the molecule is CCOC(=O)[C@H](Cc1ccc(F)cc1)NC(=O)[C@@H](N)CCc1nc2cc(N(CCCl)CCCl)ccc2n1C.Cl. The fourth-order valence-electron chi connectivity index (χ4n) is 4.22. The van der Waals surface area contributed by atoms with Gasteiger partial charge >= 0.3 is 5.97 Å². The first-order chi connectivity index (χ1) is 18.3. The predicted molar refractivity (Wildman–Crippen MR) is 157 cm³/mol. The second-order valence-corrected chi connectivity index (χ2v) is 9.67. The highest BCUT2D eigenvalue weighted by molar-refractivity contribution is 6.18. The molecule has 8 nitrogen and oxygen atoms in total.